The van der Waals surface area contributed by atoms with E-state index in [1.165, 1.54) is 24.7 Å². The summed E-state index contributed by atoms with van der Waals surface area (Å²) >= 11 is 0. The Balaban J connectivity index is 1.49. The van der Waals surface area contributed by atoms with Crippen molar-refractivity contribution >= 4 is 11.8 Å². The third-order valence-electron chi connectivity index (χ3n) is 5.24. The molecule has 0 bridgehead atoms. The molecule has 1 atom stereocenters. The van der Waals surface area contributed by atoms with Gasteiger partial charge in [0.15, 0.2) is 0 Å². The van der Waals surface area contributed by atoms with Crippen LogP contribution in [0.3, 0.4) is 0 Å². The van der Waals surface area contributed by atoms with Crippen LogP contribution in [0.25, 0.3) is 0 Å². The molecule has 0 saturated carbocycles. The number of nitrogens with zero attached hydrogens (tertiary/aromatic N) is 1. The van der Waals surface area contributed by atoms with E-state index in [2.05, 4.69) is 34.6 Å². The number of carbonyl (C=O) groups excluding carboxylic acids is 2. The molecule has 1 aromatic heterocycles. The molecule has 1 aromatic carbocycles. The van der Waals surface area contributed by atoms with Crippen LogP contribution in [-0.2, 0) is 17.9 Å². The van der Waals surface area contributed by atoms with Crippen LogP contribution in [0.15, 0.2) is 41.0 Å². The Hall–Kier alpha value is -2.60. The van der Waals surface area contributed by atoms with E-state index in [0.717, 1.165) is 31.1 Å². The average Bonchev–Trinajstić information content (AvgIpc) is 3.11. The van der Waals surface area contributed by atoms with Gasteiger partial charge in [-0.25, -0.2) is 0 Å². The van der Waals surface area contributed by atoms with Crippen molar-refractivity contribution in [1.29, 1.82) is 0 Å². The average molecular weight is 383 g/mol. The summed E-state index contributed by atoms with van der Waals surface area (Å²) in [6.45, 7) is 7.58. The fraction of sp³-hybridized carbons (Fsp3) is 0.455. The summed E-state index contributed by atoms with van der Waals surface area (Å²) in [6, 6.07) is 9.82. The van der Waals surface area contributed by atoms with Gasteiger partial charge in [-0.3, -0.25) is 14.5 Å². The third kappa shape index (κ3) is 5.45. The monoisotopic (exact) mass is 383 g/mol. The lowest BCUT2D eigenvalue weighted by molar-refractivity contribution is -0.120. The number of piperidine rings is 1. The van der Waals surface area contributed by atoms with Gasteiger partial charge < -0.3 is 15.1 Å². The normalized spacial score (nSPS) is 17.3. The molecule has 0 aliphatic carbocycles. The summed E-state index contributed by atoms with van der Waals surface area (Å²) in [5.41, 5.74) is 2.81. The van der Waals surface area contributed by atoms with Crippen LogP contribution < -0.4 is 10.6 Å². The third-order valence-corrected chi connectivity index (χ3v) is 5.24. The molecule has 1 aliphatic rings. The largest absolute Gasteiger partial charge is 0.469 e. The molecule has 150 valence electrons. The molecule has 2 amide bonds. The van der Waals surface area contributed by atoms with E-state index < -0.39 is 0 Å². The van der Waals surface area contributed by atoms with Crippen molar-refractivity contribution in [2.75, 3.05) is 19.6 Å². The molecule has 2 N–H and O–H groups in total. The van der Waals surface area contributed by atoms with Crippen LogP contribution in [0.4, 0.5) is 0 Å². The number of hydrogen-bond donors (Lipinski definition) is 2. The molecule has 3 rings (SSSR count). The van der Waals surface area contributed by atoms with Gasteiger partial charge in [0.25, 0.3) is 5.91 Å². The number of nitrogens with one attached hydrogen (secondary N) is 2. The zero-order valence-corrected chi connectivity index (χ0v) is 16.7. The molecule has 6 nitrogen and oxygen atoms in total. The summed E-state index contributed by atoms with van der Waals surface area (Å²) in [4.78, 5) is 26.7. The highest BCUT2D eigenvalue weighted by atomic mass is 16.3. The van der Waals surface area contributed by atoms with Gasteiger partial charge in [0, 0.05) is 19.6 Å². The summed E-state index contributed by atoms with van der Waals surface area (Å²) < 4.78 is 5.11. The number of amides is 2. The molecule has 28 heavy (non-hydrogen) atoms. The van der Waals surface area contributed by atoms with Crippen molar-refractivity contribution in [3.05, 3.63) is 59.0 Å². The van der Waals surface area contributed by atoms with Gasteiger partial charge in [-0.1, -0.05) is 31.2 Å². The Kier molecular flexibility index (Phi) is 6.87. The number of aryl methyl sites for hydroxylation is 1. The Morgan fingerprint density at radius 3 is 2.68 bits per heavy atom. The number of carbonyl (C=O) groups is 2. The van der Waals surface area contributed by atoms with Crippen molar-refractivity contribution < 1.29 is 14.0 Å². The maximum absolute atomic E-state index is 12.2. The second-order valence-electron chi connectivity index (χ2n) is 7.60. The van der Waals surface area contributed by atoms with Gasteiger partial charge in [-0.2, -0.15) is 0 Å². The van der Waals surface area contributed by atoms with Crippen LogP contribution >= 0.6 is 0 Å². The number of hydrogen-bond acceptors (Lipinski definition) is 4. The van der Waals surface area contributed by atoms with Gasteiger partial charge in [0.2, 0.25) is 5.91 Å². The van der Waals surface area contributed by atoms with Gasteiger partial charge in [-0.15, -0.1) is 0 Å². The quantitative estimate of drug-likeness (QED) is 0.771. The summed E-state index contributed by atoms with van der Waals surface area (Å²) in [5.74, 6) is 0.763. The Bertz CT molecular complexity index is 815. The van der Waals surface area contributed by atoms with Crippen LogP contribution in [-0.4, -0.2) is 36.3 Å². The van der Waals surface area contributed by atoms with E-state index in [1.54, 1.807) is 13.0 Å². The zero-order chi connectivity index (χ0) is 19.9. The summed E-state index contributed by atoms with van der Waals surface area (Å²) in [6.07, 6.45) is 4.01. The minimum Gasteiger partial charge on any atom is -0.469 e. The van der Waals surface area contributed by atoms with E-state index in [1.807, 2.05) is 12.1 Å². The first-order valence-electron chi connectivity index (χ1n) is 9.91. The molecule has 0 radical (unpaired) electrons. The fourth-order valence-electron chi connectivity index (χ4n) is 3.69. The first-order chi connectivity index (χ1) is 13.5. The molecule has 1 fully saturated rings. The second kappa shape index (κ2) is 9.55. The number of rotatable bonds is 7. The van der Waals surface area contributed by atoms with E-state index in [-0.39, 0.29) is 18.4 Å². The van der Waals surface area contributed by atoms with Crippen LogP contribution in [0.2, 0.25) is 0 Å². The molecular weight excluding hydrogens is 354 g/mol. The highest BCUT2D eigenvalue weighted by molar-refractivity contribution is 5.97. The highest BCUT2D eigenvalue weighted by Gasteiger charge is 2.17. The van der Waals surface area contributed by atoms with Gasteiger partial charge >= 0.3 is 0 Å². The van der Waals surface area contributed by atoms with Gasteiger partial charge in [0.05, 0.1) is 18.4 Å². The predicted molar refractivity (Wildman–Crippen MR) is 108 cm³/mol. The van der Waals surface area contributed by atoms with E-state index >= 15 is 0 Å². The molecule has 1 aliphatic heterocycles. The summed E-state index contributed by atoms with van der Waals surface area (Å²) in [5, 5.41) is 5.53. The van der Waals surface area contributed by atoms with Crippen molar-refractivity contribution in [1.82, 2.24) is 15.5 Å². The zero-order valence-electron chi connectivity index (χ0n) is 16.7. The standard InChI is InChI=1S/C22H29N3O3/c1-16-6-5-10-25(14-16)15-19-8-4-3-7-18(19)12-23-21(26)13-24-22(27)20-9-11-28-17(20)2/h3-4,7-9,11,16H,5-6,10,12-15H2,1-2H3,(H,23,26)(H,24,27). The van der Waals surface area contributed by atoms with E-state index in [9.17, 15) is 9.59 Å². The lowest BCUT2D eigenvalue weighted by Crippen LogP contribution is -2.37. The Morgan fingerprint density at radius 2 is 1.96 bits per heavy atom. The number of likely N-dealkylation sites (tertiary alicyclic amines) is 1. The molecular formula is C22H29N3O3. The minimum absolute atomic E-state index is 0.0603. The van der Waals surface area contributed by atoms with Crippen molar-refractivity contribution in [3.63, 3.8) is 0 Å². The lowest BCUT2D eigenvalue weighted by Gasteiger charge is -2.31. The van der Waals surface area contributed by atoms with Crippen LogP contribution in [0.5, 0.6) is 0 Å². The molecule has 0 spiro atoms. The first kappa shape index (κ1) is 20.1. The number of benzene rings is 1. The molecule has 6 heteroatoms. The van der Waals surface area contributed by atoms with Crippen LogP contribution in [0, 0.1) is 12.8 Å². The lowest BCUT2D eigenvalue weighted by atomic mass is 9.99. The first-order valence-corrected chi connectivity index (χ1v) is 9.91. The Labute approximate surface area is 166 Å². The van der Waals surface area contributed by atoms with E-state index in [4.69, 9.17) is 4.42 Å². The molecule has 2 heterocycles. The van der Waals surface area contributed by atoms with E-state index in [0.29, 0.717) is 17.9 Å². The van der Waals surface area contributed by atoms with Crippen LogP contribution in [0.1, 0.15) is 47.0 Å². The summed E-state index contributed by atoms with van der Waals surface area (Å²) in [7, 11) is 0. The Morgan fingerprint density at radius 1 is 1.18 bits per heavy atom. The second-order valence-corrected chi connectivity index (χ2v) is 7.60. The maximum atomic E-state index is 12.2. The van der Waals surface area contributed by atoms with Gasteiger partial charge in [-0.05, 0) is 49.4 Å². The van der Waals surface area contributed by atoms with Crippen molar-refractivity contribution in [2.45, 2.75) is 39.8 Å². The topological polar surface area (TPSA) is 74.6 Å². The molecule has 1 unspecified atom stereocenters. The van der Waals surface area contributed by atoms with Gasteiger partial charge in [0.1, 0.15) is 5.76 Å². The van der Waals surface area contributed by atoms with Crippen molar-refractivity contribution in [2.24, 2.45) is 5.92 Å². The highest BCUT2D eigenvalue weighted by Crippen LogP contribution is 2.19. The smallest absolute Gasteiger partial charge is 0.255 e. The minimum atomic E-state index is -0.305. The van der Waals surface area contributed by atoms with Crippen molar-refractivity contribution in [3.8, 4) is 0 Å². The molecule has 2 aromatic rings. The number of furan rings is 1. The SMILES string of the molecule is Cc1occc1C(=O)NCC(=O)NCc1ccccc1CN1CCCC(C)C1. The predicted octanol–water partition coefficient (Wildman–Crippen LogP) is 2.87. The molecule has 1 saturated heterocycles. The maximum Gasteiger partial charge on any atom is 0.255 e. The fourth-order valence-corrected chi connectivity index (χ4v) is 3.69.